The number of ether oxygens (including phenoxy) is 1. The molecule has 3 rings (SSSR count). The monoisotopic (exact) mass is 341 g/mol. The molecule has 1 aliphatic rings. The fraction of sp³-hybridized carbons (Fsp3) is 0.421. The minimum absolute atomic E-state index is 0.0204. The molecule has 0 saturated heterocycles. The minimum Gasteiger partial charge on any atom is -0.371 e. The maximum absolute atomic E-state index is 12.3. The van der Waals surface area contributed by atoms with Crippen molar-refractivity contribution in [3.8, 4) is 0 Å². The maximum atomic E-state index is 12.3. The average Bonchev–Trinajstić information content (AvgIpc) is 2.62. The van der Waals surface area contributed by atoms with E-state index in [0.29, 0.717) is 36.7 Å². The molecule has 2 heterocycles. The summed E-state index contributed by atoms with van der Waals surface area (Å²) in [6.45, 7) is 4.73. The zero-order chi connectivity index (χ0) is 17.8. The summed E-state index contributed by atoms with van der Waals surface area (Å²) in [7, 11) is 0. The molecule has 1 aliphatic heterocycles. The van der Waals surface area contributed by atoms with Crippen LogP contribution < -0.4 is 10.9 Å². The predicted octanol–water partition coefficient (Wildman–Crippen LogP) is 1.61. The van der Waals surface area contributed by atoms with Gasteiger partial charge in [-0.2, -0.15) is 0 Å². The first kappa shape index (κ1) is 17.4. The third-order valence-corrected chi connectivity index (χ3v) is 4.52. The summed E-state index contributed by atoms with van der Waals surface area (Å²) in [5.74, 6) is 0.435. The molecule has 1 atom stereocenters. The molecule has 6 heteroatoms. The largest absolute Gasteiger partial charge is 0.371 e. The van der Waals surface area contributed by atoms with Gasteiger partial charge < -0.3 is 15.0 Å². The maximum Gasteiger partial charge on any atom is 0.254 e. The van der Waals surface area contributed by atoms with Gasteiger partial charge in [-0.3, -0.25) is 9.59 Å². The summed E-state index contributed by atoms with van der Waals surface area (Å²) in [5, 5.41) is 2.88. The Labute approximate surface area is 146 Å². The second kappa shape index (κ2) is 7.61. The number of amides is 1. The van der Waals surface area contributed by atoms with Crippen molar-refractivity contribution >= 4 is 5.91 Å². The number of hydrogen-bond donors (Lipinski definition) is 2. The first-order valence-electron chi connectivity index (χ1n) is 8.63. The summed E-state index contributed by atoms with van der Waals surface area (Å²) in [6.07, 6.45) is 1.42. The van der Waals surface area contributed by atoms with Crippen LogP contribution in [0.1, 0.15) is 41.2 Å². The Balaban J connectivity index is 1.64. The molecule has 2 N–H and O–H groups in total. The van der Waals surface area contributed by atoms with Gasteiger partial charge in [-0.05, 0) is 24.5 Å². The molecule has 0 spiro atoms. The lowest BCUT2D eigenvalue weighted by atomic mass is 9.97. The molecule has 1 amide bonds. The van der Waals surface area contributed by atoms with Crippen molar-refractivity contribution in [3.63, 3.8) is 0 Å². The quantitative estimate of drug-likeness (QED) is 0.865. The number of rotatable bonds is 5. The number of nitrogens with zero attached hydrogens (tertiary/aromatic N) is 1. The summed E-state index contributed by atoms with van der Waals surface area (Å²) in [5.41, 5.74) is 3.17. The Morgan fingerprint density at radius 1 is 1.40 bits per heavy atom. The third kappa shape index (κ3) is 3.96. The van der Waals surface area contributed by atoms with Crippen LogP contribution in [0, 0.1) is 6.92 Å². The predicted molar refractivity (Wildman–Crippen MR) is 94.5 cm³/mol. The molecule has 0 bridgehead atoms. The van der Waals surface area contributed by atoms with Crippen molar-refractivity contribution in [3.05, 3.63) is 62.8 Å². The topological polar surface area (TPSA) is 84.1 Å². The van der Waals surface area contributed by atoms with Crippen molar-refractivity contribution in [2.24, 2.45) is 0 Å². The highest BCUT2D eigenvalue weighted by atomic mass is 16.5. The highest BCUT2D eigenvalue weighted by Gasteiger charge is 2.21. The fourth-order valence-electron chi connectivity index (χ4n) is 3.12. The first-order chi connectivity index (χ1) is 12.1. The molecule has 0 radical (unpaired) electrons. The molecule has 1 aromatic carbocycles. The Bertz CT molecular complexity index is 829. The van der Waals surface area contributed by atoms with E-state index in [-0.39, 0.29) is 24.0 Å². The van der Waals surface area contributed by atoms with Crippen LogP contribution in [-0.2, 0) is 28.8 Å². The van der Waals surface area contributed by atoms with Crippen LogP contribution in [0.4, 0.5) is 0 Å². The van der Waals surface area contributed by atoms with E-state index in [1.54, 1.807) is 6.92 Å². The molecule has 0 saturated carbocycles. The number of fused-ring (bicyclic) bond motifs is 1. The molecular weight excluding hydrogens is 318 g/mol. The highest BCUT2D eigenvalue weighted by Crippen LogP contribution is 2.26. The molecule has 0 fully saturated rings. The minimum atomic E-state index is -0.237. The molecule has 0 aliphatic carbocycles. The summed E-state index contributed by atoms with van der Waals surface area (Å²) >= 11 is 0. The van der Waals surface area contributed by atoms with Crippen molar-refractivity contribution in [1.29, 1.82) is 0 Å². The number of aromatic amines is 1. The van der Waals surface area contributed by atoms with Crippen molar-refractivity contribution < 1.29 is 9.53 Å². The van der Waals surface area contributed by atoms with Gasteiger partial charge >= 0.3 is 0 Å². The lowest BCUT2D eigenvalue weighted by Crippen LogP contribution is -2.34. The zero-order valence-electron chi connectivity index (χ0n) is 14.6. The lowest BCUT2D eigenvalue weighted by Gasteiger charge is -2.26. The average molecular weight is 341 g/mol. The Hall–Kier alpha value is -2.47. The molecule has 1 unspecified atom stereocenters. The normalized spacial score (nSPS) is 16.3. The highest BCUT2D eigenvalue weighted by molar-refractivity contribution is 5.78. The van der Waals surface area contributed by atoms with Crippen LogP contribution in [0.5, 0.6) is 0 Å². The number of aryl methyl sites for hydroxylation is 2. The van der Waals surface area contributed by atoms with Gasteiger partial charge in [0.1, 0.15) is 11.9 Å². The number of hydrogen-bond acceptors (Lipinski definition) is 4. The van der Waals surface area contributed by atoms with Gasteiger partial charge in [0.25, 0.3) is 5.56 Å². The summed E-state index contributed by atoms with van der Waals surface area (Å²) in [6, 6.07) is 8.12. The smallest absolute Gasteiger partial charge is 0.254 e. The number of aromatic nitrogens is 2. The standard InChI is InChI=1S/C19H23N3O3/c1-3-17-21-12(2)15(19(24)22-17)10-18(23)20-11-16-14-7-5-4-6-13(14)8-9-25-16/h4-7,16H,3,8-11H2,1-2H3,(H,20,23)(H,21,22,24). The molecule has 1 aromatic heterocycles. The SMILES string of the molecule is CCc1nc(C)c(CC(=O)NCC2OCCc3ccccc32)c(=O)[nH]1. The van der Waals surface area contributed by atoms with E-state index in [1.165, 1.54) is 5.56 Å². The van der Waals surface area contributed by atoms with E-state index >= 15 is 0 Å². The fourth-order valence-corrected chi connectivity index (χ4v) is 3.12. The van der Waals surface area contributed by atoms with Gasteiger partial charge in [-0.15, -0.1) is 0 Å². The van der Waals surface area contributed by atoms with E-state index in [0.717, 1.165) is 12.0 Å². The molecular formula is C19H23N3O3. The molecule has 132 valence electrons. The number of nitrogens with one attached hydrogen (secondary N) is 2. The second-order valence-electron chi connectivity index (χ2n) is 6.22. The Morgan fingerprint density at radius 2 is 2.20 bits per heavy atom. The van der Waals surface area contributed by atoms with Gasteiger partial charge in [0, 0.05) is 24.2 Å². The van der Waals surface area contributed by atoms with E-state index in [9.17, 15) is 9.59 Å². The van der Waals surface area contributed by atoms with E-state index in [1.807, 2.05) is 25.1 Å². The van der Waals surface area contributed by atoms with Crippen LogP contribution in [-0.4, -0.2) is 29.0 Å². The molecule has 6 nitrogen and oxygen atoms in total. The van der Waals surface area contributed by atoms with Crippen LogP contribution in [0.25, 0.3) is 0 Å². The van der Waals surface area contributed by atoms with Crippen LogP contribution in [0.2, 0.25) is 0 Å². The van der Waals surface area contributed by atoms with Gasteiger partial charge in [0.2, 0.25) is 5.91 Å². The number of carbonyl (C=O) groups is 1. The number of H-pyrrole nitrogens is 1. The molecule has 25 heavy (non-hydrogen) atoms. The van der Waals surface area contributed by atoms with Crippen molar-refractivity contribution in [2.75, 3.05) is 13.2 Å². The van der Waals surface area contributed by atoms with Gasteiger partial charge in [-0.1, -0.05) is 31.2 Å². The van der Waals surface area contributed by atoms with E-state index < -0.39 is 0 Å². The Kier molecular flexibility index (Phi) is 5.28. The van der Waals surface area contributed by atoms with Crippen LogP contribution >= 0.6 is 0 Å². The van der Waals surface area contributed by atoms with Gasteiger partial charge in [-0.25, -0.2) is 4.98 Å². The summed E-state index contributed by atoms with van der Waals surface area (Å²) in [4.78, 5) is 31.4. The van der Waals surface area contributed by atoms with E-state index in [2.05, 4.69) is 21.4 Å². The zero-order valence-corrected chi connectivity index (χ0v) is 14.6. The van der Waals surface area contributed by atoms with Crippen molar-refractivity contribution in [2.45, 2.75) is 39.2 Å². The third-order valence-electron chi connectivity index (χ3n) is 4.52. The lowest BCUT2D eigenvalue weighted by molar-refractivity contribution is -0.121. The molecule has 2 aromatic rings. The Morgan fingerprint density at radius 3 is 2.96 bits per heavy atom. The number of benzene rings is 1. The first-order valence-corrected chi connectivity index (χ1v) is 8.63. The number of carbonyl (C=O) groups excluding carboxylic acids is 1. The van der Waals surface area contributed by atoms with Gasteiger partial charge in [0.15, 0.2) is 0 Å². The van der Waals surface area contributed by atoms with Crippen LogP contribution in [0.15, 0.2) is 29.1 Å². The van der Waals surface area contributed by atoms with E-state index in [4.69, 9.17) is 4.74 Å². The summed E-state index contributed by atoms with van der Waals surface area (Å²) < 4.78 is 5.79. The van der Waals surface area contributed by atoms with Crippen molar-refractivity contribution in [1.82, 2.24) is 15.3 Å². The van der Waals surface area contributed by atoms with Crippen LogP contribution in [0.3, 0.4) is 0 Å². The van der Waals surface area contributed by atoms with Gasteiger partial charge in [0.05, 0.1) is 13.0 Å². The second-order valence-corrected chi connectivity index (χ2v) is 6.22.